The highest BCUT2D eigenvalue weighted by atomic mass is 35.5. The number of carbonyl (C=O) groups is 2. The van der Waals surface area contributed by atoms with Gasteiger partial charge in [0.25, 0.3) is 15.9 Å². The summed E-state index contributed by atoms with van der Waals surface area (Å²) in [6.45, 7) is 3.97. The van der Waals surface area contributed by atoms with E-state index >= 15 is 0 Å². The maximum absolute atomic E-state index is 13.6. The average Bonchev–Trinajstić information content (AvgIpc) is 3.80. The molecular weight excluding hydrogens is 587 g/mol. The minimum atomic E-state index is -4.25. The Morgan fingerprint density at radius 3 is 2.24 bits per heavy atom. The lowest BCUT2D eigenvalue weighted by atomic mass is 10.2. The van der Waals surface area contributed by atoms with Gasteiger partial charge in [-0.05, 0) is 73.4 Å². The molecule has 2 amide bonds. The first kappa shape index (κ1) is 29.2. The first-order chi connectivity index (χ1) is 19.7. The number of hydrogen-bond acceptors (Lipinski definition) is 6. The van der Waals surface area contributed by atoms with E-state index in [0.29, 0.717) is 18.1 Å². The first-order valence-electron chi connectivity index (χ1n) is 13.3. The molecule has 3 aromatic carbocycles. The van der Waals surface area contributed by atoms with Gasteiger partial charge < -0.3 is 15.1 Å². The van der Waals surface area contributed by atoms with Gasteiger partial charge in [-0.1, -0.05) is 45.9 Å². The second-order valence-corrected chi connectivity index (χ2v) is 12.7. The summed E-state index contributed by atoms with van der Waals surface area (Å²) in [4.78, 5) is 35.2. The van der Waals surface area contributed by atoms with E-state index in [1.807, 2.05) is 0 Å². The summed E-state index contributed by atoms with van der Waals surface area (Å²) >= 11 is 12.2. The maximum Gasteiger partial charge on any atom is 0.295 e. The fourth-order valence-corrected chi connectivity index (χ4v) is 6.21. The number of rotatable bonds is 10. The van der Waals surface area contributed by atoms with Crippen molar-refractivity contribution in [3.8, 4) is 5.75 Å². The van der Waals surface area contributed by atoms with E-state index in [1.54, 1.807) is 35.2 Å². The van der Waals surface area contributed by atoms with Crippen molar-refractivity contribution in [3.05, 3.63) is 88.4 Å². The van der Waals surface area contributed by atoms with Crippen LogP contribution >= 0.6 is 23.2 Å². The van der Waals surface area contributed by atoms with Crippen LogP contribution in [0.15, 0.2) is 77.7 Å². The molecule has 1 saturated heterocycles. The molecular formula is C29H30Cl2N4O5S. The van der Waals surface area contributed by atoms with Crippen LogP contribution in [-0.4, -0.2) is 69.3 Å². The molecule has 1 aliphatic carbocycles. The number of hydrogen-bond donors (Lipinski definition) is 1. The average molecular weight is 618 g/mol. The molecule has 0 spiro atoms. The minimum absolute atomic E-state index is 0.0912. The Hall–Kier alpha value is -3.31. The highest BCUT2D eigenvalue weighted by Crippen LogP contribution is 2.32. The molecule has 9 nitrogen and oxygen atoms in total. The summed E-state index contributed by atoms with van der Waals surface area (Å²) in [7, 11) is -4.25. The quantitative estimate of drug-likeness (QED) is 0.338. The lowest BCUT2D eigenvalue weighted by Gasteiger charge is -2.34. The third kappa shape index (κ3) is 7.32. The zero-order valence-corrected chi connectivity index (χ0v) is 24.5. The molecule has 2 aliphatic rings. The number of nitrogens with one attached hydrogen (secondary N) is 1. The molecule has 12 heteroatoms. The number of carbonyl (C=O) groups excluding carboxylic acids is 2. The van der Waals surface area contributed by atoms with Crippen molar-refractivity contribution in [1.29, 1.82) is 0 Å². The van der Waals surface area contributed by atoms with Crippen LogP contribution in [0.4, 0.5) is 5.69 Å². The van der Waals surface area contributed by atoms with Crippen LogP contribution in [0.1, 0.15) is 23.2 Å². The van der Waals surface area contributed by atoms with Crippen LogP contribution in [0.25, 0.3) is 0 Å². The monoisotopic (exact) mass is 616 g/mol. The fraction of sp³-hybridized carbons (Fsp3) is 0.310. The lowest BCUT2D eigenvalue weighted by Crippen LogP contribution is -2.51. The molecule has 41 heavy (non-hydrogen) atoms. The molecule has 0 unspecified atom stereocenters. The lowest BCUT2D eigenvalue weighted by molar-refractivity contribution is -0.131. The minimum Gasteiger partial charge on any atom is -0.363 e. The van der Waals surface area contributed by atoms with Gasteiger partial charge in [-0.2, -0.15) is 8.42 Å². The zero-order chi connectivity index (χ0) is 29.0. The third-order valence-electron chi connectivity index (χ3n) is 7.01. The standard InChI is InChI=1S/C29H30Cl2N4O5S/c30-23-10-13-27(26(31)18-23)40-35(24-4-2-1-3-5-24)41(38,39)25-11-8-22(9-12-25)29(37)32-19-28(36)34-16-14-33(15-17-34)20-21-6-7-21/h1-5,8-13,18,21H,6-7,14-17,19-20H2,(H,32,37). The number of piperazine rings is 1. The summed E-state index contributed by atoms with van der Waals surface area (Å²) in [5.41, 5.74) is 0.464. The Kier molecular flexibility index (Phi) is 9.03. The van der Waals surface area contributed by atoms with Crippen molar-refractivity contribution in [2.24, 2.45) is 5.92 Å². The topological polar surface area (TPSA) is 99.3 Å². The Labute approximate surface area is 249 Å². The fourth-order valence-electron chi connectivity index (χ4n) is 4.52. The second kappa shape index (κ2) is 12.7. The smallest absolute Gasteiger partial charge is 0.295 e. The number of anilines is 1. The van der Waals surface area contributed by atoms with E-state index in [4.69, 9.17) is 28.0 Å². The summed E-state index contributed by atoms with van der Waals surface area (Å²) in [6, 6.07) is 18.1. The second-order valence-electron chi connectivity index (χ2n) is 10.1. The van der Waals surface area contributed by atoms with Crippen LogP contribution in [0.2, 0.25) is 10.0 Å². The van der Waals surface area contributed by atoms with Gasteiger partial charge in [-0.15, -0.1) is 0 Å². The Bertz CT molecular complexity index is 1490. The molecule has 0 radical (unpaired) electrons. The number of benzene rings is 3. The Morgan fingerprint density at radius 2 is 1.61 bits per heavy atom. The number of halogens is 2. The highest BCUT2D eigenvalue weighted by Gasteiger charge is 2.29. The van der Waals surface area contributed by atoms with Crippen molar-refractivity contribution in [1.82, 2.24) is 15.1 Å². The van der Waals surface area contributed by atoms with Crippen LogP contribution in [0.3, 0.4) is 0 Å². The normalized spacial score (nSPS) is 15.8. The Balaban J connectivity index is 1.23. The molecule has 0 bridgehead atoms. The molecule has 0 atom stereocenters. The van der Waals surface area contributed by atoms with Crippen molar-refractivity contribution < 1.29 is 22.8 Å². The molecule has 0 aromatic heterocycles. The van der Waals surface area contributed by atoms with E-state index in [0.717, 1.165) is 30.0 Å². The number of sulfonamides is 1. The van der Waals surface area contributed by atoms with E-state index in [9.17, 15) is 18.0 Å². The van der Waals surface area contributed by atoms with Crippen molar-refractivity contribution in [2.45, 2.75) is 17.7 Å². The van der Waals surface area contributed by atoms with E-state index < -0.39 is 15.9 Å². The summed E-state index contributed by atoms with van der Waals surface area (Å²) in [6.07, 6.45) is 2.60. The Morgan fingerprint density at radius 1 is 0.927 bits per heavy atom. The summed E-state index contributed by atoms with van der Waals surface area (Å²) in [5.74, 6) is 0.293. The van der Waals surface area contributed by atoms with Crippen LogP contribution < -0.4 is 14.6 Å². The predicted octanol–water partition coefficient (Wildman–Crippen LogP) is 4.47. The zero-order valence-electron chi connectivity index (χ0n) is 22.2. The summed E-state index contributed by atoms with van der Waals surface area (Å²) in [5, 5.41) is 3.15. The third-order valence-corrected chi connectivity index (χ3v) is 9.13. The number of amides is 2. The van der Waals surface area contributed by atoms with Crippen molar-refractivity contribution >= 4 is 50.7 Å². The van der Waals surface area contributed by atoms with Crippen molar-refractivity contribution in [2.75, 3.05) is 43.7 Å². The molecule has 5 rings (SSSR count). The van der Waals surface area contributed by atoms with Gasteiger partial charge in [0.1, 0.15) is 0 Å². The molecule has 216 valence electrons. The van der Waals surface area contributed by atoms with Crippen molar-refractivity contribution in [3.63, 3.8) is 0 Å². The highest BCUT2D eigenvalue weighted by molar-refractivity contribution is 7.92. The van der Waals surface area contributed by atoms with Gasteiger partial charge >= 0.3 is 0 Å². The van der Waals surface area contributed by atoms with E-state index in [2.05, 4.69) is 10.2 Å². The van der Waals surface area contributed by atoms with E-state index in [1.165, 1.54) is 55.3 Å². The molecule has 1 saturated carbocycles. The molecule has 1 N–H and O–H groups in total. The predicted molar refractivity (Wildman–Crippen MR) is 158 cm³/mol. The molecule has 2 fully saturated rings. The summed E-state index contributed by atoms with van der Waals surface area (Å²) < 4.78 is 28.1. The molecule has 1 aliphatic heterocycles. The van der Waals surface area contributed by atoms with Crippen LogP contribution in [0.5, 0.6) is 5.75 Å². The van der Waals surface area contributed by atoms with Gasteiger partial charge in [-0.25, -0.2) is 0 Å². The number of para-hydroxylation sites is 1. The maximum atomic E-state index is 13.6. The van der Waals surface area contributed by atoms with Gasteiger partial charge in [0.05, 0.1) is 22.2 Å². The number of nitrogens with zero attached hydrogens (tertiary/aromatic N) is 3. The van der Waals surface area contributed by atoms with Crippen LogP contribution in [0, 0.1) is 5.92 Å². The van der Waals surface area contributed by atoms with Gasteiger partial charge in [0, 0.05) is 43.3 Å². The van der Waals surface area contributed by atoms with Crippen LogP contribution in [-0.2, 0) is 14.8 Å². The van der Waals surface area contributed by atoms with Gasteiger partial charge in [-0.3, -0.25) is 14.5 Å². The van der Waals surface area contributed by atoms with Gasteiger partial charge in [0.15, 0.2) is 5.75 Å². The molecule has 1 heterocycles. The largest absolute Gasteiger partial charge is 0.363 e. The van der Waals surface area contributed by atoms with Gasteiger partial charge in [0.2, 0.25) is 5.91 Å². The van der Waals surface area contributed by atoms with E-state index in [-0.39, 0.29) is 39.4 Å². The molecule has 3 aromatic rings. The first-order valence-corrected chi connectivity index (χ1v) is 15.5. The SMILES string of the molecule is O=C(NCC(=O)N1CCN(CC2CC2)CC1)c1ccc(S(=O)(=O)N(Oc2ccc(Cl)cc2Cl)c2ccccc2)cc1.